The van der Waals surface area contributed by atoms with Gasteiger partial charge in [-0.25, -0.2) is 14.5 Å². The van der Waals surface area contributed by atoms with Crippen LogP contribution in [-0.2, 0) is 29.9 Å². The number of thiol groups is 1. The Bertz CT molecular complexity index is 1650. The second kappa shape index (κ2) is 14.6. The van der Waals surface area contributed by atoms with Crippen molar-refractivity contribution in [2.45, 2.75) is 55.6 Å². The number of benzene rings is 2. The van der Waals surface area contributed by atoms with Gasteiger partial charge in [0.25, 0.3) is 0 Å². The molecule has 2 aromatic heterocycles. The van der Waals surface area contributed by atoms with Gasteiger partial charge in [-0.2, -0.15) is 4.98 Å². The number of nitrogens with zero attached hydrogens (tertiary/aromatic N) is 4. The third-order valence-corrected chi connectivity index (χ3v) is 11.7. The number of aromatic nitrogens is 4. The molecule has 16 heteroatoms. The van der Waals surface area contributed by atoms with Gasteiger partial charge in [0.05, 0.1) is 31.7 Å². The van der Waals surface area contributed by atoms with Crippen molar-refractivity contribution in [3.8, 4) is 5.75 Å². The Morgan fingerprint density at radius 3 is 2.67 bits per heavy atom. The van der Waals surface area contributed by atoms with E-state index in [1.165, 1.54) is 0 Å². The maximum atomic E-state index is 14.3. The number of ether oxygens (including phenoxy) is 3. The second-order valence-corrected chi connectivity index (χ2v) is 15.5. The summed E-state index contributed by atoms with van der Waals surface area (Å²) in [6, 6.07) is 17.2. The van der Waals surface area contributed by atoms with Crippen LogP contribution in [0.1, 0.15) is 23.8 Å². The smallest absolute Gasteiger partial charge is 0.405 e. The summed E-state index contributed by atoms with van der Waals surface area (Å²) in [4.78, 5) is 12.6. The van der Waals surface area contributed by atoms with Gasteiger partial charge in [0.2, 0.25) is 5.95 Å². The van der Waals surface area contributed by atoms with Crippen molar-refractivity contribution in [3.63, 3.8) is 0 Å². The highest BCUT2D eigenvalue weighted by molar-refractivity contribution is 8.76. The number of hydrogen-bond donors (Lipinski definition) is 3. The number of nitrogens with two attached hydrogens (primary N) is 1. The second-order valence-electron chi connectivity index (χ2n) is 10.7. The average molecular weight is 692 g/mol. The SMILES string of the molecule is Cc1ccccc1OP(=O)(COC[C@H]1O[C@@H](n2cnc3c(S)nc(N)nc32)C[C@@H]1O)O[C@H]1CSSC[C@@H]1OCc1ccccc1. The third-order valence-electron chi connectivity index (χ3n) is 7.36. The molecule has 0 radical (unpaired) electrons. The summed E-state index contributed by atoms with van der Waals surface area (Å²) >= 11 is 4.33. The zero-order chi connectivity index (χ0) is 31.4. The lowest BCUT2D eigenvalue weighted by atomic mass is 10.2. The molecule has 0 bridgehead atoms. The van der Waals surface area contributed by atoms with E-state index in [1.807, 2.05) is 55.5 Å². The Morgan fingerprint density at radius 2 is 1.87 bits per heavy atom. The molecule has 3 N–H and O–H groups in total. The largest absolute Gasteiger partial charge is 0.423 e. The lowest BCUT2D eigenvalue weighted by Crippen LogP contribution is -2.38. The lowest BCUT2D eigenvalue weighted by molar-refractivity contribution is -0.0583. The fourth-order valence-electron chi connectivity index (χ4n) is 5.01. The number of rotatable bonds is 12. The Kier molecular flexibility index (Phi) is 10.6. The molecule has 0 aliphatic carbocycles. The molecule has 6 rings (SSSR count). The van der Waals surface area contributed by atoms with Gasteiger partial charge in [-0.3, -0.25) is 9.09 Å². The lowest BCUT2D eigenvalue weighted by Gasteiger charge is -2.33. The molecule has 2 aromatic carbocycles. The van der Waals surface area contributed by atoms with E-state index < -0.39 is 32.1 Å². The molecular formula is C29H34N5O7PS3. The van der Waals surface area contributed by atoms with E-state index in [9.17, 15) is 9.67 Å². The van der Waals surface area contributed by atoms with Gasteiger partial charge in [-0.1, -0.05) is 70.1 Å². The van der Waals surface area contributed by atoms with Crippen LogP contribution < -0.4 is 10.3 Å². The van der Waals surface area contributed by atoms with E-state index in [2.05, 4.69) is 27.6 Å². The molecule has 1 unspecified atom stereocenters. The van der Waals surface area contributed by atoms with Crippen molar-refractivity contribution in [3.05, 3.63) is 72.1 Å². The first-order valence-corrected chi connectivity index (χ1v) is 19.0. The molecule has 2 aliphatic rings. The number of aliphatic hydroxyl groups excluding tert-OH is 1. The van der Waals surface area contributed by atoms with E-state index in [1.54, 1.807) is 38.5 Å². The fourth-order valence-corrected chi connectivity index (χ4v) is 9.43. The van der Waals surface area contributed by atoms with Crippen molar-refractivity contribution in [1.29, 1.82) is 0 Å². The maximum absolute atomic E-state index is 14.3. The van der Waals surface area contributed by atoms with Crippen LogP contribution in [0, 0.1) is 6.92 Å². The Labute approximate surface area is 274 Å². The molecule has 0 amide bonds. The van der Waals surface area contributed by atoms with Crippen LogP contribution >= 0.6 is 41.8 Å². The molecule has 2 fully saturated rings. The quantitative estimate of drug-likeness (QED) is 0.0767. The van der Waals surface area contributed by atoms with Crippen molar-refractivity contribution in [2.24, 2.45) is 0 Å². The summed E-state index contributed by atoms with van der Waals surface area (Å²) in [5, 5.41) is 11.2. The average Bonchev–Trinajstić information content (AvgIpc) is 3.61. The highest BCUT2D eigenvalue weighted by Crippen LogP contribution is 2.52. The molecule has 2 saturated heterocycles. The van der Waals surface area contributed by atoms with Gasteiger partial charge in [-0.15, -0.1) is 12.6 Å². The van der Waals surface area contributed by atoms with Gasteiger partial charge in [-0.05, 0) is 24.1 Å². The molecule has 6 atom stereocenters. The van der Waals surface area contributed by atoms with Crippen molar-refractivity contribution in [1.82, 2.24) is 19.5 Å². The van der Waals surface area contributed by atoms with Crippen LogP contribution in [0.2, 0.25) is 0 Å². The van der Waals surface area contributed by atoms with Gasteiger partial charge in [0.15, 0.2) is 12.0 Å². The zero-order valence-corrected chi connectivity index (χ0v) is 27.8. The molecule has 240 valence electrons. The van der Waals surface area contributed by atoms with Crippen molar-refractivity contribution < 1.29 is 32.9 Å². The van der Waals surface area contributed by atoms with Crippen LogP contribution in [0.25, 0.3) is 11.2 Å². The van der Waals surface area contributed by atoms with E-state index in [-0.39, 0.29) is 31.4 Å². The van der Waals surface area contributed by atoms with Crippen LogP contribution in [0.15, 0.2) is 66.0 Å². The van der Waals surface area contributed by atoms with E-state index in [0.29, 0.717) is 40.1 Å². The number of anilines is 1. The summed E-state index contributed by atoms with van der Waals surface area (Å²) < 4.78 is 46.7. The summed E-state index contributed by atoms with van der Waals surface area (Å²) in [5.74, 6) is 1.74. The number of aliphatic hydroxyl groups is 1. The Hall–Kier alpha value is -2.33. The number of hydrogen-bond acceptors (Lipinski definition) is 14. The van der Waals surface area contributed by atoms with Crippen molar-refractivity contribution in [2.75, 3.05) is 30.2 Å². The summed E-state index contributed by atoms with van der Waals surface area (Å²) in [5.41, 5.74) is 8.59. The topological polar surface area (TPSA) is 153 Å². The molecule has 2 aliphatic heterocycles. The number of aryl methyl sites for hydroxylation is 1. The summed E-state index contributed by atoms with van der Waals surface area (Å²) in [6.45, 7) is 2.23. The van der Waals surface area contributed by atoms with Gasteiger partial charge in [0.1, 0.15) is 34.7 Å². The molecule has 0 spiro atoms. The Balaban J connectivity index is 1.13. The first-order valence-electron chi connectivity index (χ1n) is 14.3. The molecule has 4 aromatic rings. The van der Waals surface area contributed by atoms with E-state index in [0.717, 1.165) is 11.1 Å². The number of imidazole rings is 1. The predicted molar refractivity (Wildman–Crippen MR) is 177 cm³/mol. The molecule has 45 heavy (non-hydrogen) atoms. The van der Waals surface area contributed by atoms with Gasteiger partial charge in [0, 0.05) is 17.9 Å². The minimum absolute atomic E-state index is 0.0487. The first-order chi connectivity index (χ1) is 21.8. The van der Waals surface area contributed by atoms with E-state index >= 15 is 0 Å². The maximum Gasteiger partial charge on any atom is 0.405 e. The summed E-state index contributed by atoms with van der Waals surface area (Å²) in [7, 11) is -0.543. The molecule has 12 nitrogen and oxygen atoms in total. The molecule has 0 saturated carbocycles. The van der Waals surface area contributed by atoms with E-state index in [4.69, 9.17) is 29.0 Å². The first kappa shape index (κ1) is 32.6. The zero-order valence-electron chi connectivity index (χ0n) is 24.4. The normalized spacial score (nSPS) is 24.9. The highest BCUT2D eigenvalue weighted by atomic mass is 33.1. The minimum Gasteiger partial charge on any atom is -0.423 e. The van der Waals surface area contributed by atoms with Crippen LogP contribution in [0.4, 0.5) is 5.95 Å². The highest BCUT2D eigenvalue weighted by Gasteiger charge is 2.40. The Morgan fingerprint density at radius 1 is 1.11 bits per heavy atom. The predicted octanol–water partition coefficient (Wildman–Crippen LogP) is 5.27. The third kappa shape index (κ3) is 7.98. The molecular weight excluding hydrogens is 658 g/mol. The number of nitrogen functional groups attached to an aromatic ring is 1. The standard InChI is InChI=1S/C29H34N5O7PS3/c1-18-7-5-6-10-21(18)40-42(36,41-24-15-45-44-14-23(24)38-12-19-8-3-2-4-9-19)17-37-13-22-20(35)11-25(39-22)34-16-31-26-27(34)32-29(30)33-28(26)43/h2-10,16,20,22-25,35H,11-15,17H2,1H3,(H3,30,32,33,43)/t20-,22+,23-,24-,25+,42?/m0/s1. The number of fused-ring (bicyclic) bond motifs is 1. The van der Waals surface area contributed by atoms with Gasteiger partial charge >= 0.3 is 7.60 Å². The monoisotopic (exact) mass is 691 g/mol. The number of para-hydroxylation sites is 1. The fraction of sp³-hybridized carbons (Fsp3) is 0.414. The summed E-state index contributed by atoms with van der Waals surface area (Å²) in [6.07, 6.45) is -1.47. The van der Waals surface area contributed by atoms with Crippen LogP contribution in [0.5, 0.6) is 5.75 Å². The van der Waals surface area contributed by atoms with Gasteiger partial charge < -0.3 is 29.6 Å². The molecule has 4 heterocycles. The minimum atomic E-state index is -3.87. The van der Waals surface area contributed by atoms with Crippen LogP contribution in [0.3, 0.4) is 0 Å². The van der Waals surface area contributed by atoms with Crippen LogP contribution in [-0.4, -0.2) is 73.5 Å². The van der Waals surface area contributed by atoms with Crippen molar-refractivity contribution >= 4 is 58.9 Å².